The minimum absolute atomic E-state index is 0.169. The molecule has 3 rings (SSSR count). The molecule has 1 aliphatic rings. The second kappa shape index (κ2) is 7.47. The molecule has 0 aromatic heterocycles. The van der Waals surface area contributed by atoms with Gasteiger partial charge in [-0.1, -0.05) is 43.3 Å². The Hall–Kier alpha value is -2.68. The van der Waals surface area contributed by atoms with E-state index in [-0.39, 0.29) is 11.6 Å². The van der Waals surface area contributed by atoms with Crippen LogP contribution in [-0.4, -0.2) is 5.78 Å². The van der Waals surface area contributed by atoms with E-state index in [0.29, 0.717) is 13.0 Å². The van der Waals surface area contributed by atoms with Gasteiger partial charge < -0.3 is 5.32 Å². The molecule has 0 atom stereocenters. The molecule has 0 unspecified atom stereocenters. The molecular formula is C22H22FNO. The average Bonchev–Trinajstić information content (AvgIpc) is 2.60. The number of carbonyl (C=O) groups is 1. The lowest BCUT2D eigenvalue weighted by molar-refractivity contribution is -0.116. The summed E-state index contributed by atoms with van der Waals surface area (Å²) < 4.78 is 13.6. The fourth-order valence-electron chi connectivity index (χ4n) is 3.16. The lowest BCUT2D eigenvalue weighted by atomic mass is 9.95. The predicted molar refractivity (Wildman–Crippen MR) is 100 cm³/mol. The van der Waals surface area contributed by atoms with Crippen LogP contribution < -0.4 is 5.32 Å². The third-order valence-corrected chi connectivity index (χ3v) is 4.42. The van der Waals surface area contributed by atoms with E-state index < -0.39 is 0 Å². The minimum Gasteiger partial charge on any atom is -0.386 e. The van der Waals surface area contributed by atoms with E-state index in [1.807, 2.05) is 24.4 Å². The minimum atomic E-state index is -0.220. The number of rotatable bonds is 5. The number of allylic oxidation sites excluding steroid dienone is 2. The van der Waals surface area contributed by atoms with E-state index in [4.69, 9.17) is 0 Å². The molecule has 0 amide bonds. The maximum Gasteiger partial charge on any atom is 0.134 e. The number of halogens is 1. The molecule has 1 heterocycles. The van der Waals surface area contributed by atoms with Gasteiger partial charge in [0.05, 0.1) is 0 Å². The van der Waals surface area contributed by atoms with Crippen molar-refractivity contribution in [1.82, 2.24) is 5.32 Å². The molecule has 1 aliphatic heterocycles. The van der Waals surface area contributed by atoms with Crippen LogP contribution in [0.5, 0.6) is 0 Å². The maximum atomic E-state index is 13.6. The molecule has 0 fully saturated rings. The van der Waals surface area contributed by atoms with Crippen LogP contribution >= 0.6 is 0 Å². The topological polar surface area (TPSA) is 29.1 Å². The first-order valence-electron chi connectivity index (χ1n) is 8.58. The Morgan fingerprint density at radius 2 is 2.04 bits per heavy atom. The highest BCUT2D eigenvalue weighted by atomic mass is 19.1. The Balaban J connectivity index is 1.89. The first-order chi connectivity index (χ1) is 12.1. The largest absolute Gasteiger partial charge is 0.386 e. The fourth-order valence-corrected chi connectivity index (χ4v) is 3.16. The quantitative estimate of drug-likeness (QED) is 0.860. The smallest absolute Gasteiger partial charge is 0.134 e. The zero-order valence-corrected chi connectivity index (χ0v) is 14.6. The van der Waals surface area contributed by atoms with Crippen LogP contribution in [0.1, 0.15) is 41.7 Å². The van der Waals surface area contributed by atoms with Gasteiger partial charge >= 0.3 is 0 Å². The van der Waals surface area contributed by atoms with E-state index in [9.17, 15) is 9.18 Å². The highest BCUT2D eigenvalue weighted by Gasteiger charge is 2.11. The van der Waals surface area contributed by atoms with Crippen molar-refractivity contribution >= 4 is 17.4 Å². The van der Waals surface area contributed by atoms with Crippen LogP contribution in [0.2, 0.25) is 0 Å². The van der Waals surface area contributed by atoms with Gasteiger partial charge in [-0.3, -0.25) is 4.79 Å². The van der Waals surface area contributed by atoms with Crippen LogP contribution in [0, 0.1) is 5.82 Å². The van der Waals surface area contributed by atoms with E-state index in [2.05, 4.69) is 30.4 Å². The third kappa shape index (κ3) is 4.05. The lowest BCUT2D eigenvalue weighted by Crippen LogP contribution is -2.13. The molecule has 2 aromatic carbocycles. The van der Waals surface area contributed by atoms with E-state index in [1.54, 1.807) is 13.0 Å². The number of aryl methyl sites for hydroxylation is 1. The Bertz CT molecular complexity index is 864. The number of carbonyl (C=O) groups excluding carboxylic acids is 1. The van der Waals surface area contributed by atoms with Crippen LogP contribution in [0.3, 0.4) is 0 Å². The number of Topliss-reactive ketones (excluding diaryl/α,β-unsaturated/α-hetero) is 1. The molecule has 1 N–H and O–H groups in total. The number of hydrogen-bond donors (Lipinski definition) is 1. The molecule has 2 nitrogen and oxygen atoms in total. The number of fused-ring (bicyclic) bond motifs is 1. The molecule has 2 aromatic rings. The van der Waals surface area contributed by atoms with Gasteiger partial charge in [-0.2, -0.15) is 0 Å². The van der Waals surface area contributed by atoms with Crippen molar-refractivity contribution in [2.24, 2.45) is 0 Å². The number of nitrogens with one attached hydrogen (secondary N) is 1. The highest BCUT2D eigenvalue weighted by molar-refractivity contribution is 5.82. The van der Waals surface area contributed by atoms with Gasteiger partial charge in [0.25, 0.3) is 0 Å². The van der Waals surface area contributed by atoms with E-state index >= 15 is 0 Å². The van der Waals surface area contributed by atoms with Crippen molar-refractivity contribution in [1.29, 1.82) is 0 Å². The van der Waals surface area contributed by atoms with Crippen LogP contribution in [0.15, 0.2) is 48.7 Å². The van der Waals surface area contributed by atoms with Crippen LogP contribution in [-0.2, 0) is 24.2 Å². The molecular weight excluding hydrogens is 313 g/mol. The Labute approximate surface area is 148 Å². The average molecular weight is 335 g/mol. The van der Waals surface area contributed by atoms with Gasteiger partial charge in [-0.25, -0.2) is 4.39 Å². The molecule has 0 aliphatic carbocycles. The zero-order chi connectivity index (χ0) is 17.8. The van der Waals surface area contributed by atoms with Gasteiger partial charge in [0, 0.05) is 19.2 Å². The molecule has 0 radical (unpaired) electrons. The van der Waals surface area contributed by atoms with Crippen molar-refractivity contribution in [3.63, 3.8) is 0 Å². The SMILES string of the molecule is CCc1cc(CC(C)=O)ccc1/C=C/C1=CNCc2ccc(F)cc21. The molecule has 25 heavy (non-hydrogen) atoms. The highest BCUT2D eigenvalue weighted by Crippen LogP contribution is 2.26. The summed E-state index contributed by atoms with van der Waals surface area (Å²) in [7, 11) is 0. The summed E-state index contributed by atoms with van der Waals surface area (Å²) >= 11 is 0. The summed E-state index contributed by atoms with van der Waals surface area (Å²) in [6, 6.07) is 11.1. The first-order valence-corrected chi connectivity index (χ1v) is 8.58. The number of benzene rings is 2. The van der Waals surface area contributed by atoms with Crippen LogP contribution in [0.25, 0.3) is 11.6 Å². The van der Waals surface area contributed by atoms with Crippen molar-refractivity contribution in [3.05, 3.63) is 82.3 Å². The summed E-state index contributed by atoms with van der Waals surface area (Å²) in [5.74, 6) is -0.0507. The van der Waals surface area contributed by atoms with Crippen LogP contribution in [0.4, 0.5) is 4.39 Å². The molecule has 0 bridgehead atoms. The molecule has 0 saturated carbocycles. The maximum absolute atomic E-state index is 13.6. The molecule has 128 valence electrons. The zero-order valence-electron chi connectivity index (χ0n) is 14.6. The van der Waals surface area contributed by atoms with E-state index in [1.165, 1.54) is 11.6 Å². The lowest BCUT2D eigenvalue weighted by Gasteiger charge is -2.17. The summed E-state index contributed by atoms with van der Waals surface area (Å²) in [5.41, 5.74) is 6.37. The fraction of sp³-hybridized carbons (Fsp3) is 0.227. The normalized spacial score (nSPS) is 13.3. The van der Waals surface area contributed by atoms with Gasteiger partial charge in [0.1, 0.15) is 11.6 Å². The van der Waals surface area contributed by atoms with Crippen molar-refractivity contribution < 1.29 is 9.18 Å². The van der Waals surface area contributed by atoms with Gasteiger partial charge in [0.2, 0.25) is 0 Å². The Morgan fingerprint density at radius 1 is 1.20 bits per heavy atom. The monoisotopic (exact) mass is 335 g/mol. The standard InChI is InChI=1S/C22H22FNO/c1-3-17-11-16(10-15(2)25)4-5-18(17)6-7-19-13-24-14-20-8-9-21(23)12-22(19)20/h4-9,11-13,24H,3,10,14H2,1-2H3/b7-6+. The Kier molecular flexibility index (Phi) is 5.13. The summed E-state index contributed by atoms with van der Waals surface area (Å²) in [6.45, 7) is 4.43. The second-order valence-electron chi connectivity index (χ2n) is 6.38. The predicted octanol–water partition coefficient (Wildman–Crippen LogP) is 4.68. The molecule has 0 saturated heterocycles. The van der Waals surface area contributed by atoms with Gasteiger partial charge in [0.15, 0.2) is 0 Å². The van der Waals surface area contributed by atoms with Crippen molar-refractivity contribution in [2.75, 3.05) is 0 Å². The van der Waals surface area contributed by atoms with Gasteiger partial charge in [-0.05, 0) is 58.9 Å². The Morgan fingerprint density at radius 3 is 2.80 bits per heavy atom. The first kappa shape index (κ1) is 17.2. The summed E-state index contributed by atoms with van der Waals surface area (Å²) in [4.78, 5) is 11.3. The van der Waals surface area contributed by atoms with Gasteiger partial charge in [-0.15, -0.1) is 0 Å². The third-order valence-electron chi connectivity index (χ3n) is 4.42. The van der Waals surface area contributed by atoms with Crippen molar-refractivity contribution in [2.45, 2.75) is 33.2 Å². The molecule has 3 heteroatoms. The summed E-state index contributed by atoms with van der Waals surface area (Å²) in [5, 5.41) is 3.23. The number of ketones is 1. The number of hydrogen-bond acceptors (Lipinski definition) is 2. The van der Waals surface area contributed by atoms with Crippen molar-refractivity contribution in [3.8, 4) is 0 Å². The van der Waals surface area contributed by atoms with E-state index in [0.717, 1.165) is 34.2 Å². The molecule has 0 spiro atoms. The summed E-state index contributed by atoms with van der Waals surface area (Å²) in [6.07, 6.45) is 7.37. The second-order valence-corrected chi connectivity index (χ2v) is 6.38.